The van der Waals surface area contributed by atoms with E-state index in [0.717, 1.165) is 39.0 Å². The zero-order valence-corrected chi connectivity index (χ0v) is 7.71. The highest BCUT2D eigenvalue weighted by Crippen LogP contribution is 2.08. The van der Waals surface area contributed by atoms with Crippen molar-refractivity contribution < 1.29 is 9.53 Å². The Kier molecular flexibility index (Phi) is 2.80. The van der Waals surface area contributed by atoms with Crippen molar-refractivity contribution in [3.63, 3.8) is 0 Å². The van der Waals surface area contributed by atoms with Crippen LogP contribution in [0.25, 0.3) is 0 Å². The van der Waals surface area contributed by atoms with Crippen LogP contribution in [-0.2, 0) is 9.53 Å². The van der Waals surface area contributed by atoms with Gasteiger partial charge in [-0.1, -0.05) is 0 Å². The van der Waals surface area contributed by atoms with Gasteiger partial charge in [0.25, 0.3) is 0 Å². The van der Waals surface area contributed by atoms with Gasteiger partial charge in [0, 0.05) is 19.3 Å². The maximum absolute atomic E-state index is 11.5. The zero-order chi connectivity index (χ0) is 9.10. The molecule has 0 saturated carbocycles. The molecule has 74 valence electrons. The number of rotatable bonds is 2. The van der Waals surface area contributed by atoms with Gasteiger partial charge in [-0.3, -0.25) is 4.79 Å². The predicted molar refractivity (Wildman–Crippen MR) is 48.4 cm³/mol. The monoisotopic (exact) mass is 184 g/mol. The molecule has 4 heteroatoms. The lowest BCUT2D eigenvalue weighted by Crippen LogP contribution is -2.55. The second kappa shape index (κ2) is 4.07. The lowest BCUT2D eigenvalue weighted by Gasteiger charge is -2.30. The lowest BCUT2D eigenvalue weighted by atomic mass is 10.0. The third-order valence-electron chi connectivity index (χ3n) is 2.71. The molecule has 2 saturated heterocycles. The first-order valence-electron chi connectivity index (χ1n) is 4.98. The van der Waals surface area contributed by atoms with Crippen molar-refractivity contribution in [1.82, 2.24) is 10.6 Å². The Morgan fingerprint density at radius 3 is 2.54 bits per heavy atom. The Bertz CT molecular complexity index is 186. The lowest BCUT2D eigenvalue weighted by molar-refractivity contribution is -0.126. The average molecular weight is 184 g/mol. The Hall–Kier alpha value is -0.610. The van der Waals surface area contributed by atoms with Gasteiger partial charge >= 0.3 is 0 Å². The van der Waals surface area contributed by atoms with Crippen LogP contribution in [0.1, 0.15) is 19.3 Å². The summed E-state index contributed by atoms with van der Waals surface area (Å²) in [6.45, 7) is 2.54. The third kappa shape index (κ3) is 2.19. The number of carbonyl (C=O) groups is 1. The second-order valence-electron chi connectivity index (χ2n) is 3.69. The molecule has 0 aliphatic carbocycles. The molecule has 0 aromatic rings. The zero-order valence-electron chi connectivity index (χ0n) is 7.71. The number of hydrogen-bond acceptors (Lipinski definition) is 3. The first-order valence-corrected chi connectivity index (χ1v) is 4.98. The van der Waals surface area contributed by atoms with Crippen LogP contribution < -0.4 is 10.6 Å². The Morgan fingerprint density at radius 1 is 1.31 bits per heavy atom. The molecule has 13 heavy (non-hydrogen) atoms. The van der Waals surface area contributed by atoms with Gasteiger partial charge in [0.2, 0.25) is 5.91 Å². The smallest absolute Gasteiger partial charge is 0.237 e. The predicted octanol–water partition coefficient (Wildman–Crippen LogP) is -0.357. The average Bonchev–Trinajstić information content (AvgIpc) is 2.02. The Morgan fingerprint density at radius 2 is 2.00 bits per heavy atom. The minimum absolute atomic E-state index is 0.0721. The second-order valence-corrected chi connectivity index (χ2v) is 3.69. The molecule has 2 aliphatic rings. The van der Waals surface area contributed by atoms with Crippen molar-refractivity contribution in [2.45, 2.75) is 31.3 Å². The van der Waals surface area contributed by atoms with E-state index in [9.17, 15) is 4.79 Å². The summed E-state index contributed by atoms with van der Waals surface area (Å²) in [5.41, 5.74) is 0. The molecule has 2 fully saturated rings. The van der Waals surface area contributed by atoms with Crippen LogP contribution in [0, 0.1) is 0 Å². The van der Waals surface area contributed by atoms with Gasteiger partial charge < -0.3 is 15.4 Å². The molecule has 0 radical (unpaired) electrons. The quantitative estimate of drug-likeness (QED) is 0.616. The third-order valence-corrected chi connectivity index (χ3v) is 2.71. The molecule has 4 nitrogen and oxygen atoms in total. The molecule has 2 aliphatic heterocycles. The van der Waals surface area contributed by atoms with E-state index in [1.165, 1.54) is 0 Å². The molecule has 1 unspecified atom stereocenters. The number of hydrogen-bond donors (Lipinski definition) is 2. The summed E-state index contributed by atoms with van der Waals surface area (Å²) in [5.74, 6) is 0.165. The largest absolute Gasteiger partial charge is 0.381 e. The summed E-state index contributed by atoms with van der Waals surface area (Å²) >= 11 is 0. The van der Waals surface area contributed by atoms with Crippen LogP contribution in [0.3, 0.4) is 0 Å². The van der Waals surface area contributed by atoms with Gasteiger partial charge in [-0.15, -0.1) is 0 Å². The summed E-state index contributed by atoms with van der Waals surface area (Å²) in [7, 11) is 0. The molecular formula is C9H16N2O2. The van der Waals surface area contributed by atoms with E-state index in [2.05, 4.69) is 10.6 Å². The fourth-order valence-corrected chi connectivity index (χ4v) is 1.66. The van der Waals surface area contributed by atoms with Gasteiger partial charge in [0.1, 0.15) is 0 Å². The highest BCUT2D eigenvalue weighted by Gasteiger charge is 2.26. The fraction of sp³-hybridized carbons (Fsp3) is 0.889. The summed E-state index contributed by atoms with van der Waals surface area (Å²) in [6, 6.07) is 0.409. The number of amides is 1. The summed E-state index contributed by atoms with van der Waals surface area (Å²) in [6.07, 6.45) is 2.89. The number of carbonyl (C=O) groups excluding carboxylic acids is 1. The molecule has 1 amide bonds. The standard InChI is InChI=1S/C9H16N2O2/c12-9(8-1-4-10-8)11-7-2-5-13-6-3-7/h7-8,10H,1-6H2,(H,11,12). The van der Waals surface area contributed by atoms with Crippen molar-refractivity contribution in [3.8, 4) is 0 Å². The minimum atomic E-state index is 0.0721. The first-order chi connectivity index (χ1) is 6.36. The van der Waals surface area contributed by atoms with Gasteiger partial charge in [-0.2, -0.15) is 0 Å². The molecule has 2 rings (SSSR count). The van der Waals surface area contributed by atoms with Crippen LogP contribution >= 0.6 is 0 Å². The Labute approximate surface area is 78.0 Å². The molecule has 0 spiro atoms. The van der Waals surface area contributed by atoms with Gasteiger partial charge in [-0.25, -0.2) is 0 Å². The minimum Gasteiger partial charge on any atom is -0.381 e. The van der Waals surface area contributed by atoms with E-state index in [-0.39, 0.29) is 11.9 Å². The number of nitrogens with one attached hydrogen (secondary N) is 2. The van der Waals surface area contributed by atoms with Crippen molar-refractivity contribution in [2.75, 3.05) is 19.8 Å². The van der Waals surface area contributed by atoms with Crippen LogP contribution in [-0.4, -0.2) is 37.7 Å². The van der Waals surface area contributed by atoms with E-state index < -0.39 is 0 Å². The summed E-state index contributed by atoms with van der Waals surface area (Å²) in [4.78, 5) is 11.5. The molecule has 2 heterocycles. The van der Waals surface area contributed by atoms with E-state index in [0.29, 0.717) is 6.04 Å². The van der Waals surface area contributed by atoms with Crippen LogP contribution in [0.5, 0.6) is 0 Å². The SMILES string of the molecule is O=C(NC1CCOCC1)C1CCN1. The van der Waals surface area contributed by atoms with Gasteiger partial charge in [0.15, 0.2) is 0 Å². The van der Waals surface area contributed by atoms with Gasteiger partial charge in [0.05, 0.1) is 6.04 Å². The van der Waals surface area contributed by atoms with E-state index in [1.54, 1.807) is 0 Å². The van der Waals surface area contributed by atoms with Crippen LogP contribution in [0.2, 0.25) is 0 Å². The van der Waals surface area contributed by atoms with E-state index in [1.807, 2.05) is 0 Å². The van der Waals surface area contributed by atoms with E-state index in [4.69, 9.17) is 4.74 Å². The molecule has 0 aromatic heterocycles. The van der Waals surface area contributed by atoms with Crippen molar-refractivity contribution >= 4 is 5.91 Å². The highest BCUT2D eigenvalue weighted by molar-refractivity contribution is 5.82. The molecule has 0 bridgehead atoms. The molecular weight excluding hydrogens is 168 g/mol. The topological polar surface area (TPSA) is 50.4 Å². The normalized spacial score (nSPS) is 29.4. The van der Waals surface area contributed by atoms with Crippen LogP contribution in [0.15, 0.2) is 0 Å². The van der Waals surface area contributed by atoms with Crippen LogP contribution in [0.4, 0.5) is 0 Å². The first kappa shape index (κ1) is 8.97. The van der Waals surface area contributed by atoms with Crippen molar-refractivity contribution in [2.24, 2.45) is 0 Å². The van der Waals surface area contributed by atoms with Crippen molar-refractivity contribution in [3.05, 3.63) is 0 Å². The van der Waals surface area contributed by atoms with Gasteiger partial charge in [-0.05, 0) is 25.8 Å². The van der Waals surface area contributed by atoms with E-state index >= 15 is 0 Å². The maximum atomic E-state index is 11.5. The highest BCUT2D eigenvalue weighted by atomic mass is 16.5. The number of ether oxygens (including phenoxy) is 1. The summed E-state index contributed by atoms with van der Waals surface area (Å²) in [5, 5.41) is 6.13. The molecule has 2 N–H and O–H groups in total. The maximum Gasteiger partial charge on any atom is 0.237 e. The fourth-order valence-electron chi connectivity index (χ4n) is 1.66. The van der Waals surface area contributed by atoms with Crippen molar-refractivity contribution in [1.29, 1.82) is 0 Å². The molecule has 0 aromatic carbocycles. The summed E-state index contributed by atoms with van der Waals surface area (Å²) < 4.78 is 5.22. The Balaban J connectivity index is 1.72. The molecule has 1 atom stereocenters.